The van der Waals surface area contributed by atoms with Gasteiger partial charge in [-0.2, -0.15) is 0 Å². The summed E-state index contributed by atoms with van der Waals surface area (Å²) < 4.78 is 0. The summed E-state index contributed by atoms with van der Waals surface area (Å²) in [6.45, 7) is 7.65. The van der Waals surface area contributed by atoms with E-state index in [1.54, 1.807) is 0 Å². The zero-order chi connectivity index (χ0) is 12.0. The molecule has 0 saturated carbocycles. The maximum atomic E-state index is 6.05. The second-order valence-corrected chi connectivity index (χ2v) is 4.60. The lowest BCUT2D eigenvalue weighted by atomic mass is 9.89. The van der Waals surface area contributed by atoms with Crippen LogP contribution in [0.15, 0.2) is 24.3 Å². The van der Waals surface area contributed by atoms with Gasteiger partial charge in [0.2, 0.25) is 0 Å². The lowest BCUT2D eigenvalue weighted by Crippen LogP contribution is -2.27. The Balaban J connectivity index is 2.91. The van der Waals surface area contributed by atoms with E-state index in [1.807, 2.05) is 12.1 Å². The fourth-order valence-corrected chi connectivity index (χ4v) is 2.44. The first kappa shape index (κ1) is 13.5. The third kappa shape index (κ3) is 3.50. The monoisotopic (exact) mass is 239 g/mol. The molecule has 1 nitrogen and oxygen atoms in total. The average Bonchev–Trinajstić information content (AvgIpc) is 2.29. The van der Waals surface area contributed by atoms with Crippen molar-refractivity contribution in [3.05, 3.63) is 34.9 Å². The predicted molar refractivity (Wildman–Crippen MR) is 71.9 cm³/mol. The number of nitrogens with one attached hydrogen (secondary N) is 1. The van der Waals surface area contributed by atoms with Crippen molar-refractivity contribution in [1.29, 1.82) is 0 Å². The van der Waals surface area contributed by atoms with Crippen LogP contribution in [0.4, 0.5) is 0 Å². The van der Waals surface area contributed by atoms with E-state index in [0.717, 1.165) is 11.6 Å². The topological polar surface area (TPSA) is 12.0 Å². The van der Waals surface area contributed by atoms with Crippen molar-refractivity contribution in [1.82, 2.24) is 5.32 Å². The van der Waals surface area contributed by atoms with Crippen LogP contribution in [0.5, 0.6) is 0 Å². The van der Waals surface area contributed by atoms with E-state index in [9.17, 15) is 0 Å². The van der Waals surface area contributed by atoms with Gasteiger partial charge in [0.15, 0.2) is 0 Å². The molecule has 1 aromatic carbocycles. The molecule has 1 aromatic rings. The van der Waals surface area contributed by atoms with Crippen LogP contribution in [0.25, 0.3) is 0 Å². The van der Waals surface area contributed by atoms with Gasteiger partial charge in [-0.15, -0.1) is 0 Å². The summed E-state index contributed by atoms with van der Waals surface area (Å²) >= 11 is 6.05. The Hall–Kier alpha value is -0.530. The Morgan fingerprint density at radius 1 is 1.19 bits per heavy atom. The molecule has 16 heavy (non-hydrogen) atoms. The van der Waals surface area contributed by atoms with Crippen LogP contribution in [0.2, 0.25) is 5.02 Å². The SMILES string of the molecule is CCNC(c1cccc(Cl)c1)C(CC)CC. The lowest BCUT2D eigenvalue weighted by Gasteiger charge is -2.26. The normalized spacial score (nSPS) is 13.1. The molecule has 0 aliphatic rings. The van der Waals surface area contributed by atoms with E-state index in [-0.39, 0.29) is 0 Å². The first-order valence-corrected chi connectivity index (χ1v) is 6.59. The molecule has 1 unspecified atom stereocenters. The molecule has 2 heteroatoms. The Labute approximate surface area is 104 Å². The fourth-order valence-electron chi connectivity index (χ4n) is 2.24. The van der Waals surface area contributed by atoms with E-state index in [1.165, 1.54) is 18.4 Å². The number of halogens is 1. The zero-order valence-electron chi connectivity index (χ0n) is 10.5. The van der Waals surface area contributed by atoms with Gasteiger partial charge in [-0.25, -0.2) is 0 Å². The van der Waals surface area contributed by atoms with Gasteiger partial charge in [0.25, 0.3) is 0 Å². The third-order valence-corrected chi connectivity index (χ3v) is 3.39. The Morgan fingerprint density at radius 3 is 2.38 bits per heavy atom. The molecule has 90 valence electrons. The van der Waals surface area contributed by atoms with Gasteiger partial charge in [-0.3, -0.25) is 0 Å². The number of hydrogen-bond donors (Lipinski definition) is 1. The van der Waals surface area contributed by atoms with Crippen molar-refractivity contribution >= 4 is 11.6 Å². The smallest absolute Gasteiger partial charge is 0.0409 e. The molecule has 0 saturated heterocycles. The van der Waals surface area contributed by atoms with Crippen molar-refractivity contribution in [2.45, 2.75) is 39.7 Å². The zero-order valence-corrected chi connectivity index (χ0v) is 11.2. The highest BCUT2D eigenvalue weighted by Gasteiger charge is 2.19. The van der Waals surface area contributed by atoms with Gasteiger partial charge in [0.1, 0.15) is 0 Å². The van der Waals surface area contributed by atoms with Gasteiger partial charge in [-0.05, 0) is 30.2 Å². The van der Waals surface area contributed by atoms with Crippen LogP contribution in [0.3, 0.4) is 0 Å². The molecule has 0 fully saturated rings. The molecular weight excluding hydrogens is 218 g/mol. The Bertz CT molecular complexity index is 307. The number of hydrogen-bond acceptors (Lipinski definition) is 1. The standard InChI is InChI=1S/C14H22ClN/c1-4-11(5-2)14(16-6-3)12-8-7-9-13(15)10-12/h7-11,14,16H,4-6H2,1-3H3. The average molecular weight is 240 g/mol. The van der Waals surface area contributed by atoms with E-state index in [2.05, 4.69) is 38.2 Å². The van der Waals surface area contributed by atoms with E-state index >= 15 is 0 Å². The van der Waals surface area contributed by atoms with Crippen LogP contribution in [-0.2, 0) is 0 Å². The van der Waals surface area contributed by atoms with Crippen molar-refractivity contribution in [2.75, 3.05) is 6.54 Å². The summed E-state index contributed by atoms with van der Waals surface area (Å²) in [6.07, 6.45) is 2.39. The molecule has 1 atom stereocenters. The fraction of sp³-hybridized carbons (Fsp3) is 0.571. The molecule has 0 radical (unpaired) electrons. The third-order valence-electron chi connectivity index (χ3n) is 3.15. The first-order chi connectivity index (χ1) is 7.72. The van der Waals surface area contributed by atoms with Crippen molar-refractivity contribution < 1.29 is 0 Å². The van der Waals surface area contributed by atoms with Crippen molar-refractivity contribution in [3.8, 4) is 0 Å². The summed E-state index contributed by atoms with van der Waals surface area (Å²) in [7, 11) is 0. The van der Waals surface area contributed by atoms with Crippen LogP contribution in [0, 0.1) is 5.92 Å². The van der Waals surface area contributed by atoms with Crippen LogP contribution < -0.4 is 5.32 Å². The lowest BCUT2D eigenvalue weighted by molar-refractivity contribution is 0.346. The minimum Gasteiger partial charge on any atom is -0.310 e. The molecule has 0 aromatic heterocycles. The van der Waals surface area contributed by atoms with Crippen LogP contribution >= 0.6 is 11.6 Å². The first-order valence-electron chi connectivity index (χ1n) is 6.21. The number of rotatable bonds is 6. The summed E-state index contributed by atoms with van der Waals surface area (Å²) in [6, 6.07) is 8.63. The summed E-state index contributed by atoms with van der Waals surface area (Å²) in [5, 5.41) is 4.39. The highest BCUT2D eigenvalue weighted by Crippen LogP contribution is 2.28. The predicted octanol–water partition coefficient (Wildman–Crippen LogP) is 4.43. The van der Waals surface area contributed by atoms with Gasteiger partial charge >= 0.3 is 0 Å². The molecule has 0 amide bonds. The second-order valence-electron chi connectivity index (χ2n) is 4.17. The molecule has 0 heterocycles. The maximum Gasteiger partial charge on any atom is 0.0409 e. The summed E-state index contributed by atoms with van der Waals surface area (Å²) in [5.74, 6) is 0.679. The molecule has 1 rings (SSSR count). The molecule has 0 aliphatic carbocycles. The quantitative estimate of drug-likeness (QED) is 0.775. The molecule has 0 spiro atoms. The Morgan fingerprint density at radius 2 is 1.88 bits per heavy atom. The van der Waals surface area contributed by atoms with Gasteiger partial charge < -0.3 is 5.32 Å². The Kier molecular flexibility index (Phi) is 5.86. The molecular formula is C14H22ClN. The second kappa shape index (κ2) is 6.93. The molecule has 1 N–H and O–H groups in total. The maximum absolute atomic E-state index is 6.05. The summed E-state index contributed by atoms with van der Waals surface area (Å²) in [4.78, 5) is 0. The van der Waals surface area contributed by atoms with E-state index in [4.69, 9.17) is 11.6 Å². The van der Waals surface area contributed by atoms with E-state index < -0.39 is 0 Å². The minimum atomic E-state index is 0.429. The van der Waals surface area contributed by atoms with Gasteiger partial charge in [-0.1, -0.05) is 57.3 Å². The highest BCUT2D eigenvalue weighted by molar-refractivity contribution is 6.30. The largest absolute Gasteiger partial charge is 0.310 e. The molecule has 0 aliphatic heterocycles. The van der Waals surface area contributed by atoms with E-state index in [0.29, 0.717) is 12.0 Å². The summed E-state index contributed by atoms with van der Waals surface area (Å²) in [5.41, 5.74) is 1.31. The van der Waals surface area contributed by atoms with Crippen molar-refractivity contribution in [3.63, 3.8) is 0 Å². The molecule has 0 bridgehead atoms. The number of benzene rings is 1. The van der Waals surface area contributed by atoms with Gasteiger partial charge in [0, 0.05) is 11.1 Å². The van der Waals surface area contributed by atoms with Crippen LogP contribution in [-0.4, -0.2) is 6.54 Å². The minimum absolute atomic E-state index is 0.429. The van der Waals surface area contributed by atoms with Crippen molar-refractivity contribution in [2.24, 2.45) is 5.92 Å². The highest BCUT2D eigenvalue weighted by atomic mass is 35.5. The van der Waals surface area contributed by atoms with Gasteiger partial charge in [0.05, 0.1) is 0 Å². The van der Waals surface area contributed by atoms with Crippen LogP contribution in [0.1, 0.15) is 45.2 Å².